The average Bonchev–Trinajstić information content (AvgIpc) is 2.40. The van der Waals surface area contributed by atoms with Crippen molar-refractivity contribution < 1.29 is 4.39 Å². The number of nitrogens with one attached hydrogen (secondary N) is 1. The molecule has 1 nitrogen and oxygen atoms in total. The molecule has 0 spiro atoms. The summed E-state index contributed by atoms with van der Waals surface area (Å²) in [4.78, 5) is 0. The second-order valence-corrected chi connectivity index (χ2v) is 4.87. The highest BCUT2D eigenvalue weighted by Crippen LogP contribution is 2.30. The van der Waals surface area contributed by atoms with Crippen molar-refractivity contribution in [3.05, 3.63) is 58.9 Å². The van der Waals surface area contributed by atoms with Gasteiger partial charge in [0.1, 0.15) is 5.82 Å². The van der Waals surface area contributed by atoms with Gasteiger partial charge in [0, 0.05) is 17.1 Å². The summed E-state index contributed by atoms with van der Waals surface area (Å²) in [6.07, 6.45) is 1.05. The minimum absolute atomic E-state index is 0.218. The molecule has 100 valence electrons. The van der Waals surface area contributed by atoms with Crippen LogP contribution in [0.25, 0.3) is 11.1 Å². The third kappa shape index (κ3) is 3.55. The van der Waals surface area contributed by atoms with Crippen LogP contribution in [-0.4, -0.2) is 6.54 Å². The Labute approximate surface area is 118 Å². The molecule has 0 saturated carbocycles. The van der Waals surface area contributed by atoms with Gasteiger partial charge >= 0.3 is 0 Å². The second-order valence-electron chi connectivity index (χ2n) is 4.46. The summed E-state index contributed by atoms with van der Waals surface area (Å²) in [5.74, 6) is -0.218. The molecule has 1 N–H and O–H groups in total. The van der Waals surface area contributed by atoms with Gasteiger partial charge in [-0.2, -0.15) is 0 Å². The van der Waals surface area contributed by atoms with Gasteiger partial charge in [0.15, 0.2) is 0 Å². The molecule has 0 bridgehead atoms. The zero-order chi connectivity index (χ0) is 13.7. The Morgan fingerprint density at radius 3 is 2.63 bits per heavy atom. The van der Waals surface area contributed by atoms with Crippen LogP contribution in [0.1, 0.15) is 18.9 Å². The Kier molecular flexibility index (Phi) is 4.94. The van der Waals surface area contributed by atoms with Crippen LogP contribution >= 0.6 is 11.6 Å². The maximum Gasteiger partial charge on any atom is 0.123 e. The third-order valence-corrected chi connectivity index (χ3v) is 3.30. The lowest BCUT2D eigenvalue weighted by Crippen LogP contribution is -2.14. The highest BCUT2D eigenvalue weighted by atomic mass is 35.5. The molecule has 0 heterocycles. The van der Waals surface area contributed by atoms with Crippen LogP contribution in [0.15, 0.2) is 42.5 Å². The molecule has 0 atom stereocenters. The van der Waals surface area contributed by atoms with E-state index in [-0.39, 0.29) is 5.82 Å². The average molecular weight is 278 g/mol. The predicted molar refractivity (Wildman–Crippen MR) is 78.8 cm³/mol. The van der Waals surface area contributed by atoms with Crippen LogP contribution < -0.4 is 5.32 Å². The lowest BCUT2D eigenvalue weighted by molar-refractivity contribution is 0.619. The standard InChI is InChI=1S/C16H17ClFN/c1-2-9-19-11-12-10-13(18)7-8-14(12)15-5-3-4-6-16(15)17/h3-8,10,19H,2,9,11H2,1H3. The van der Waals surface area contributed by atoms with E-state index in [9.17, 15) is 4.39 Å². The SMILES string of the molecule is CCCNCc1cc(F)ccc1-c1ccccc1Cl. The van der Waals surface area contributed by atoms with Gasteiger partial charge in [-0.25, -0.2) is 4.39 Å². The molecule has 0 aromatic heterocycles. The number of halogens is 2. The van der Waals surface area contributed by atoms with Crippen LogP contribution in [0.2, 0.25) is 5.02 Å². The topological polar surface area (TPSA) is 12.0 Å². The van der Waals surface area contributed by atoms with Crippen molar-refractivity contribution in [1.29, 1.82) is 0 Å². The molecule has 0 fully saturated rings. The molecule has 19 heavy (non-hydrogen) atoms. The molecule has 0 aliphatic rings. The number of benzene rings is 2. The molecule has 0 radical (unpaired) electrons. The van der Waals surface area contributed by atoms with E-state index in [0.717, 1.165) is 29.7 Å². The van der Waals surface area contributed by atoms with Gasteiger partial charge < -0.3 is 5.32 Å². The molecule has 2 aromatic carbocycles. The Morgan fingerprint density at radius 2 is 1.89 bits per heavy atom. The number of rotatable bonds is 5. The highest BCUT2D eigenvalue weighted by Gasteiger charge is 2.09. The minimum atomic E-state index is -0.218. The fourth-order valence-electron chi connectivity index (χ4n) is 2.05. The van der Waals surface area contributed by atoms with Crippen LogP contribution in [-0.2, 0) is 6.54 Å². The molecular weight excluding hydrogens is 261 g/mol. The van der Waals surface area contributed by atoms with Gasteiger partial charge in [-0.3, -0.25) is 0 Å². The van der Waals surface area contributed by atoms with Gasteiger partial charge in [-0.1, -0.05) is 42.8 Å². The zero-order valence-corrected chi connectivity index (χ0v) is 11.7. The largest absolute Gasteiger partial charge is 0.313 e. The Morgan fingerprint density at radius 1 is 1.11 bits per heavy atom. The summed E-state index contributed by atoms with van der Waals surface area (Å²) in [5, 5.41) is 3.98. The summed E-state index contributed by atoms with van der Waals surface area (Å²) < 4.78 is 13.4. The lowest BCUT2D eigenvalue weighted by Gasteiger charge is -2.12. The summed E-state index contributed by atoms with van der Waals surface area (Å²) in [6, 6.07) is 12.5. The molecule has 0 aliphatic heterocycles. The molecule has 2 rings (SSSR count). The Balaban J connectivity index is 2.36. The fraction of sp³-hybridized carbons (Fsp3) is 0.250. The first-order valence-corrected chi connectivity index (χ1v) is 6.84. The molecule has 0 unspecified atom stereocenters. The summed E-state index contributed by atoms with van der Waals surface area (Å²) in [7, 11) is 0. The monoisotopic (exact) mass is 277 g/mol. The van der Waals surface area contributed by atoms with Crippen LogP contribution in [0.5, 0.6) is 0 Å². The van der Waals surface area contributed by atoms with Crippen LogP contribution in [0.4, 0.5) is 4.39 Å². The quantitative estimate of drug-likeness (QED) is 0.785. The lowest BCUT2D eigenvalue weighted by atomic mass is 9.99. The minimum Gasteiger partial charge on any atom is -0.313 e. The maximum atomic E-state index is 13.4. The van der Waals surface area contributed by atoms with Crippen molar-refractivity contribution in [2.75, 3.05) is 6.54 Å². The van der Waals surface area contributed by atoms with Crippen molar-refractivity contribution in [3.8, 4) is 11.1 Å². The first kappa shape index (κ1) is 14.0. The van der Waals surface area contributed by atoms with Gasteiger partial charge in [0.2, 0.25) is 0 Å². The highest BCUT2D eigenvalue weighted by molar-refractivity contribution is 6.33. The van der Waals surface area contributed by atoms with E-state index in [2.05, 4.69) is 12.2 Å². The number of hydrogen-bond donors (Lipinski definition) is 1. The third-order valence-electron chi connectivity index (χ3n) is 2.97. The van der Waals surface area contributed by atoms with Gasteiger partial charge in [-0.05, 0) is 42.3 Å². The van der Waals surface area contributed by atoms with Crippen molar-refractivity contribution in [2.24, 2.45) is 0 Å². The van der Waals surface area contributed by atoms with E-state index in [1.165, 1.54) is 6.07 Å². The Hall–Kier alpha value is -1.38. The zero-order valence-electron chi connectivity index (χ0n) is 10.9. The Bertz CT molecular complexity index is 554. The van der Waals surface area contributed by atoms with Crippen LogP contribution in [0.3, 0.4) is 0 Å². The second kappa shape index (κ2) is 6.69. The van der Waals surface area contributed by atoms with Crippen LogP contribution in [0, 0.1) is 5.82 Å². The van der Waals surface area contributed by atoms with E-state index in [1.807, 2.05) is 24.3 Å². The molecule has 0 saturated heterocycles. The van der Waals surface area contributed by atoms with E-state index in [0.29, 0.717) is 11.6 Å². The van der Waals surface area contributed by atoms with E-state index in [1.54, 1.807) is 12.1 Å². The normalized spacial score (nSPS) is 10.7. The molecular formula is C16H17ClFN. The maximum absolute atomic E-state index is 13.4. The van der Waals surface area contributed by atoms with E-state index in [4.69, 9.17) is 11.6 Å². The summed E-state index contributed by atoms with van der Waals surface area (Å²) >= 11 is 6.22. The molecule has 3 heteroatoms. The molecule has 2 aromatic rings. The van der Waals surface area contributed by atoms with Crippen molar-refractivity contribution in [1.82, 2.24) is 5.32 Å². The van der Waals surface area contributed by atoms with Gasteiger partial charge in [0.25, 0.3) is 0 Å². The van der Waals surface area contributed by atoms with Gasteiger partial charge in [0.05, 0.1) is 0 Å². The summed E-state index contributed by atoms with van der Waals surface area (Å²) in [6.45, 7) is 3.66. The van der Waals surface area contributed by atoms with Crippen molar-refractivity contribution in [3.63, 3.8) is 0 Å². The van der Waals surface area contributed by atoms with E-state index >= 15 is 0 Å². The number of hydrogen-bond acceptors (Lipinski definition) is 1. The smallest absolute Gasteiger partial charge is 0.123 e. The molecule has 0 aliphatic carbocycles. The van der Waals surface area contributed by atoms with Gasteiger partial charge in [-0.15, -0.1) is 0 Å². The summed E-state index contributed by atoms with van der Waals surface area (Å²) in [5.41, 5.74) is 2.86. The first-order valence-electron chi connectivity index (χ1n) is 6.46. The van der Waals surface area contributed by atoms with Crippen molar-refractivity contribution >= 4 is 11.6 Å². The van der Waals surface area contributed by atoms with E-state index < -0.39 is 0 Å². The fourth-order valence-corrected chi connectivity index (χ4v) is 2.29. The first-order chi connectivity index (χ1) is 9.22. The molecule has 0 amide bonds. The predicted octanol–water partition coefficient (Wildman–Crippen LogP) is 4.65. The van der Waals surface area contributed by atoms with Crippen molar-refractivity contribution in [2.45, 2.75) is 19.9 Å².